The topological polar surface area (TPSA) is 49.4 Å². The summed E-state index contributed by atoms with van der Waals surface area (Å²) in [5.41, 5.74) is 1.82. The molecule has 0 spiro atoms. The van der Waals surface area contributed by atoms with Crippen LogP contribution in [-0.2, 0) is 11.3 Å². The zero-order valence-electron chi connectivity index (χ0n) is 15.6. The van der Waals surface area contributed by atoms with Gasteiger partial charge in [0, 0.05) is 19.5 Å². The highest BCUT2D eigenvalue weighted by Gasteiger charge is 2.30. The Morgan fingerprint density at radius 3 is 2.32 bits per heavy atom. The highest BCUT2D eigenvalue weighted by Crippen LogP contribution is 2.32. The second-order valence-corrected chi connectivity index (χ2v) is 7.30. The smallest absolute Gasteiger partial charge is 0.256 e. The van der Waals surface area contributed by atoms with Crippen molar-refractivity contribution in [2.45, 2.75) is 19.4 Å². The molecule has 1 N–H and O–H groups in total. The van der Waals surface area contributed by atoms with Crippen molar-refractivity contribution >= 4 is 28.3 Å². The van der Waals surface area contributed by atoms with E-state index in [9.17, 15) is 14.0 Å². The Morgan fingerprint density at radius 1 is 1.04 bits per heavy atom. The van der Waals surface area contributed by atoms with Crippen LogP contribution in [0.25, 0.3) is 10.8 Å². The molecule has 1 saturated carbocycles. The lowest BCUT2D eigenvalue weighted by Gasteiger charge is -2.20. The second-order valence-electron chi connectivity index (χ2n) is 7.30. The van der Waals surface area contributed by atoms with Gasteiger partial charge < -0.3 is 10.2 Å². The fraction of sp³-hybridized carbons (Fsp3) is 0.217. The average Bonchev–Trinajstić information content (AvgIpc) is 3.54. The second kappa shape index (κ2) is 7.43. The summed E-state index contributed by atoms with van der Waals surface area (Å²) in [5.74, 6) is -0.490. The summed E-state index contributed by atoms with van der Waals surface area (Å²) in [4.78, 5) is 27.0. The molecule has 4 rings (SSSR count). The first-order valence-corrected chi connectivity index (χ1v) is 9.35. The Bertz CT molecular complexity index is 1040. The van der Waals surface area contributed by atoms with Gasteiger partial charge in [-0.15, -0.1) is 0 Å². The van der Waals surface area contributed by atoms with Crippen LogP contribution < -0.4 is 5.32 Å². The number of hydrogen-bond donors (Lipinski definition) is 1. The largest absolute Gasteiger partial charge is 0.337 e. The Balaban J connectivity index is 1.65. The van der Waals surface area contributed by atoms with Gasteiger partial charge in [-0.25, -0.2) is 4.39 Å². The van der Waals surface area contributed by atoms with Crippen LogP contribution in [-0.4, -0.2) is 23.8 Å². The zero-order chi connectivity index (χ0) is 19.7. The van der Waals surface area contributed by atoms with Crippen LogP contribution in [0, 0.1) is 11.7 Å². The number of rotatable bonds is 5. The zero-order valence-corrected chi connectivity index (χ0v) is 15.6. The van der Waals surface area contributed by atoms with Crippen LogP contribution in [0.5, 0.6) is 0 Å². The van der Waals surface area contributed by atoms with Gasteiger partial charge >= 0.3 is 0 Å². The van der Waals surface area contributed by atoms with E-state index in [2.05, 4.69) is 5.32 Å². The SMILES string of the molecule is CN(Cc1ccc(F)cc1)C(=O)c1cc2ccccc2cc1NC(=O)C1CC1. The normalized spacial score (nSPS) is 13.4. The Labute approximate surface area is 163 Å². The van der Waals surface area contributed by atoms with E-state index in [1.54, 1.807) is 24.1 Å². The van der Waals surface area contributed by atoms with Gasteiger partial charge in [-0.2, -0.15) is 0 Å². The molecule has 142 valence electrons. The molecule has 2 amide bonds. The van der Waals surface area contributed by atoms with Crippen molar-refractivity contribution in [2.24, 2.45) is 5.92 Å². The number of nitrogens with zero attached hydrogens (tertiary/aromatic N) is 1. The molecule has 4 nitrogen and oxygen atoms in total. The quantitative estimate of drug-likeness (QED) is 0.707. The molecule has 3 aromatic carbocycles. The number of fused-ring (bicyclic) bond motifs is 1. The summed E-state index contributed by atoms with van der Waals surface area (Å²) >= 11 is 0. The first-order chi connectivity index (χ1) is 13.5. The van der Waals surface area contributed by atoms with Crippen LogP contribution in [0.3, 0.4) is 0 Å². The Hall–Kier alpha value is -3.21. The summed E-state index contributed by atoms with van der Waals surface area (Å²) in [6.45, 7) is 0.349. The number of carbonyl (C=O) groups excluding carboxylic acids is 2. The Morgan fingerprint density at radius 2 is 1.68 bits per heavy atom. The van der Waals surface area contributed by atoms with E-state index in [0.717, 1.165) is 29.2 Å². The molecule has 5 heteroatoms. The third-order valence-corrected chi connectivity index (χ3v) is 5.00. The van der Waals surface area contributed by atoms with E-state index in [-0.39, 0.29) is 23.5 Å². The van der Waals surface area contributed by atoms with E-state index in [1.165, 1.54) is 12.1 Å². The van der Waals surface area contributed by atoms with Gasteiger partial charge in [-0.1, -0.05) is 36.4 Å². The van der Waals surface area contributed by atoms with Crippen molar-refractivity contribution in [1.82, 2.24) is 4.90 Å². The lowest BCUT2D eigenvalue weighted by molar-refractivity contribution is -0.117. The number of benzene rings is 3. The van der Waals surface area contributed by atoms with Crippen molar-refractivity contribution in [3.8, 4) is 0 Å². The van der Waals surface area contributed by atoms with Crippen LogP contribution in [0.1, 0.15) is 28.8 Å². The molecule has 28 heavy (non-hydrogen) atoms. The molecule has 3 aromatic rings. The molecule has 0 aliphatic heterocycles. The number of amides is 2. The highest BCUT2D eigenvalue weighted by atomic mass is 19.1. The average molecular weight is 376 g/mol. The fourth-order valence-electron chi connectivity index (χ4n) is 3.24. The van der Waals surface area contributed by atoms with Crippen LogP contribution in [0.15, 0.2) is 60.7 Å². The first kappa shape index (κ1) is 18.2. The summed E-state index contributed by atoms with van der Waals surface area (Å²) in [6, 6.07) is 17.5. The summed E-state index contributed by atoms with van der Waals surface area (Å²) in [5, 5.41) is 4.84. The fourth-order valence-corrected chi connectivity index (χ4v) is 3.24. The van der Waals surface area contributed by atoms with Crippen molar-refractivity contribution in [3.63, 3.8) is 0 Å². The number of anilines is 1. The van der Waals surface area contributed by atoms with Crippen molar-refractivity contribution in [2.75, 3.05) is 12.4 Å². The van der Waals surface area contributed by atoms with E-state index in [4.69, 9.17) is 0 Å². The maximum absolute atomic E-state index is 13.1. The van der Waals surface area contributed by atoms with Crippen LogP contribution in [0.4, 0.5) is 10.1 Å². The van der Waals surface area contributed by atoms with Gasteiger partial charge in [-0.05, 0) is 53.4 Å². The van der Waals surface area contributed by atoms with Crippen molar-refractivity contribution in [1.29, 1.82) is 0 Å². The molecule has 0 saturated heterocycles. The molecule has 1 fully saturated rings. The molecule has 0 heterocycles. The molecule has 0 atom stereocenters. The Kier molecular flexibility index (Phi) is 4.82. The van der Waals surface area contributed by atoms with Gasteiger partial charge in [0.15, 0.2) is 0 Å². The van der Waals surface area contributed by atoms with Gasteiger partial charge in [0.2, 0.25) is 5.91 Å². The maximum Gasteiger partial charge on any atom is 0.256 e. The molecule has 1 aliphatic carbocycles. The first-order valence-electron chi connectivity index (χ1n) is 9.35. The van der Waals surface area contributed by atoms with Crippen LogP contribution >= 0.6 is 0 Å². The lowest BCUT2D eigenvalue weighted by atomic mass is 10.0. The summed E-state index contributed by atoms with van der Waals surface area (Å²) in [7, 11) is 1.70. The number of hydrogen-bond acceptors (Lipinski definition) is 2. The minimum absolute atomic E-state index is 0.0366. The predicted molar refractivity (Wildman–Crippen MR) is 107 cm³/mol. The van der Waals surface area contributed by atoms with Gasteiger partial charge in [0.05, 0.1) is 11.3 Å². The summed E-state index contributed by atoms with van der Waals surface area (Å²) < 4.78 is 13.1. The van der Waals surface area contributed by atoms with Gasteiger partial charge in [-0.3, -0.25) is 9.59 Å². The number of carbonyl (C=O) groups is 2. The molecule has 0 bridgehead atoms. The number of nitrogens with one attached hydrogen (secondary N) is 1. The standard InChI is InChI=1S/C23H21FN2O2/c1-26(14-15-6-10-19(24)11-7-15)23(28)20-12-17-4-2-3-5-18(17)13-21(20)25-22(27)16-8-9-16/h2-7,10-13,16H,8-9,14H2,1H3,(H,25,27). The number of halogens is 1. The third-order valence-electron chi connectivity index (χ3n) is 5.00. The molecule has 0 aromatic heterocycles. The van der Waals surface area contributed by atoms with E-state index in [1.807, 2.05) is 36.4 Å². The van der Waals surface area contributed by atoms with E-state index in [0.29, 0.717) is 17.8 Å². The lowest BCUT2D eigenvalue weighted by Crippen LogP contribution is -2.27. The highest BCUT2D eigenvalue weighted by molar-refractivity contribution is 6.08. The van der Waals surface area contributed by atoms with E-state index >= 15 is 0 Å². The molecule has 1 aliphatic rings. The maximum atomic E-state index is 13.1. The molecular formula is C23H21FN2O2. The summed E-state index contributed by atoms with van der Waals surface area (Å²) in [6.07, 6.45) is 1.79. The minimum Gasteiger partial charge on any atom is -0.337 e. The monoisotopic (exact) mass is 376 g/mol. The van der Waals surface area contributed by atoms with Crippen molar-refractivity contribution < 1.29 is 14.0 Å². The molecule has 0 radical (unpaired) electrons. The minimum atomic E-state index is -0.308. The van der Waals surface area contributed by atoms with Gasteiger partial charge in [0.1, 0.15) is 5.82 Å². The van der Waals surface area contributed by atoms with Crippen molar-refractivity contribution in [3.05, 3.63) is 77.6 Å². The van der Waals surface area contributed by atoms with Crippen LogP contribution in [0.2, 0.25) is 0 Å². The van der Waals surface area contributed by atoms with E-state index < -0.39 is 0 Å². The molecule has 0 unspecified atom stereocenters. The predicted octanol–water partition coefficient (Wildman–Crippen LogP) is 4.60. The third kappa shape index (κ3) is 3.88. The molecular weight excluding hydrogens is 355 g/mol. The van der Waals surface area contributed by atoms with Gasteiger partial charge in [0.25, 0.3) is 5.91 Å².